The molecule has 1 aliphatic heterocycles. The number of rotatable bonds is 6. The number of hydrogen-bond donors (Lipinski definition) is 3. The monoisotopic (exact) mass is 437 g/mol. The van der Waals surface area contributed by atoms with Crippen LogP contribution in [0, 0.1) is 17.5 Å². The second kappa shape index (κ2) is 8.54. The molecule has 0 spiro atoms. The molecular weight excluding hydrogens is 415 g/mol. The van der Waals surface area contributed by atoms with E-state index in [1.165, 1.54) is 11.5 Å². The number of ketones is 1. The Balaban J connectivity index is 2.09. The van der Waals surface area contributed by atoms with Crippen LogP contribution >= 0.6 is 0 Å². The van der Waals surface area contributed by atoms with Crippen LogP contribution < -0.4 is 16.1 Å². The van der Waals surface area contributed by atoms with E-state index in [4.69, 9.17) is 0 Å². The van der Waals surface area contributed by atoms with Crippen molar-refractivity contribution in [2.45, 2.75) is 45.8 Å². The molecule has 2 aromatic rings. The van der Waals surface area contributed by atoms with Crippen LogP contribution in [0.1, 0.15) is 71.4 Å². The molecule has 1 aromatic carbocycles. The van der Waals surface area contributed by atoms with Gasteiger partial charge in [-0.2, -0.15) is 0 Å². The van der Waals surface area contributed by atoms with E-state index in [-0.39, 0.29) is 17.4 Å². The average Bonchev–Trinajstić information content (AvgIpc) is 2.97. The van der Waals surface area contributed by atoms with Crippen LogP contribution in [0.15, 0.2) is 16.9 Å². The maximum absolute atomic E-state index is 13.9. The molecule has 0 saturated carbocycles. The van der Waals surface area contributed by atoms with Crippen molar-refractivity contribution in [3.8, 4) is 5.75 Å². The highest BCUT2D eigenvalue weighted by atomic mass is 19.1. The Hall–Kier alpha value is -3.14. The summed E-state index contributed by atoms with van der Waals surface area (Å²) in [5, 5.41) is 15.8. The topological polar surface area (TPSA) is 100 Å². The van der Waals surface area contributed by atoms with E-state index in [1.807, 2.05) is 6.92 Å². The SMILES string of the molecule is CCNC1C[C@H](C)n2c(C(C)=O)c(O)c(=O)c(C(=O)NCc3c(F)cc(F)cc3F)c21. The zero-order valence-electron chi connectivity index (χ0n) is 17.2. The van der Waals surface area contributed by atoms with Gasteiger partial charge in [-0.3, -0.25) is 14.4 Å². The van der Waals surface area contributed by atoms with Gasteiger partial charge in [-0.25, -0.2) is 13.2 Å². The van der Waals surface area contributed by atoms with Crippen molar-refractivity contribution in [2.24, 2.45) is 0 Å². The summed E-state index contributed by atoms with van der Waals surface area (Å²) in [6.45, 7) is 4.68. The zero-order valence-corrected chi connectivity index (χ0v) is 17.2. The Kier molecular flexibility index (Phi) is 6.21. The highest BCUT2D eigenvalue weighted by Crippen LogP contribution is 2.38. The van der Waals surface area contributed by atoms with Gasteiger partial charge in [-0.15, -0.1) is 0 Å². The number of aromatic hydroxyl groups is 1. The predicted molar refractivity (Wildman–Crippen MR) is 106 cm³/mol. The molecule has 2 heterocycles. The number of nitrogens with zero attached hydrogens (tertiary/aromatic N) is 1. The summed E-state index contributed by atoms with van der Waals surface area (Å²) < 4.78 is 42.4. The molecule has 3 rings (SSSR count). The highest BCUT2D eigenvalue weighted by Gasteiger charge is 2.38. The lowest BCUT2D eigenvalue weighted by Crippen LogP contribution is -2.35. The second-order valence-corrected chi connectivity index (χ2v) is 7.44. The molecule has 1 aliphatic rings. The lowest BCUT2D eigenvalue weighted by atomic mass is 10.0. The zero-order chi connectivity index (χ0) is 23.0. The van der Waals surface area contributed by atoms with Crippen LogP contribution in [0.25, 0.3) is 0 Å². The van der Waals surface area contributed by atoms with Gasteiger partial charge in [0.2, 0.25) is 5.43 Å². The van der Waals surface area contributed by atoms with E-state index in [9.17, 15) is 32.7 Å². The molecule has 0 saturated heterocycles. The molecule has 10 heteroatoms. The Morgan fingerprint density at radius 1 is 1.23 bits per heavy atom. The minimum absolute atomic E-state index is 0.194. The maximum atomic E-state index is 13.9. The van der Waals surface area contributed by atoms with Crippen molar-refractivity contribution in [3.05, 3.63) is 62.3 Å². The first-order chi connectivity index (χ1) is 14.6. The number of carbonyl (C=O) groups excluding carboxylic acids is 2. The van der Waals surface area contributed by atoms with E-state index in [1.54, 1.807) is 6.92 Å². The molecule has 0 radical (unpaired) electrons. The molecule has 2 atom stereocenters. The lowest BCUT2D eigenvalue weighted by Gasteiger charge is -2.20. The summed E-state index contributed by atoms with van der Waals surface area (Å²) in [5.74, 6) is -5.85. The number of Topliss-reactive ketones (excluding diaryl/α,β-unsaturated/α-hetero) is 1. The number of amides is 1. The fraction of sp³-hybridized carbons (Fsp3) is 0.381. The number of benzene rings is 1. The highest BCUT2D eigenvalue weighted by molar-refractivity contribution is 6.00. The molecule has 31 heavy (non-hydrogen) atoms. The number of carbonyl (C=O) groups is 2. The first-order valence-electron chi connectivity index (χ1n) is 9.75. The van der Waals surface area contributed by atoms with Crippen molar-refractivity contribution in [1.82, 2.24) is 15.2 Å². The fourth-order valence-corrected chi connectivity index (χ4v) is 4.04. The van der Waals surface area contributed by atoms with Crippen LogP contribution in [0.3, 0.4) is 0 Å². The summed E-state index contributed by atoms with van der Waals surface area (Å²) in [6, 6.07) is 0.204. The first kappa shape index (κ1) is 22.5. The second-order valence-electron chi connectivity index (χ2n) is 7.44. The summed E-state index contributed by atoms with van der Waals surface area (Å²) in [4.78, 5) is 37.9. The van der Waals surface area contributed by atoms with Gasteiger partial charge in [0.15, 0.2) is 11.5 Å². The maximum Gasteiger partial charge on any atom is 0.257 e. The van der Waals surface area contributed by atoms with Crippen LogP contribution in [-0.2, 0) is 6.54 Å². The standard InChI is InChI=1S/C21H22F3N3O4/c1-4-25-15-5-9(2)27-17(10(3)28)20(30)19(29)16(18(15)27)21(31)26-8-12-13(23)6-11(22)7-14(12)24/h6-7,9,15,25,30H,4-5,8H2,1-3H3,(H,26,31)/t9-,15?/m0/s1. The average molecular weight is 437 g/mol. The minimum Gasteiger partial charge on any atom is -0.503 e. The summed E-state index contributed by atoms with van der Waals surface area (Å²) in [6.07, 6.45) is 0.457. The molecule has 3 N–H and O–H groups in total. The van der Waals surface area contributed by atoms with Crippen LogP contribution in [0.2, 0.25) is 0 Å². The normalized spacial score (nSPS) is 17.5. The Morgan fingerprint density at radius 2 is 1.84 bits per heavy atom. The van der Waals surface area contributed by atoms with Crippen molar-refractivity contribution >= 4 is 11.7 Å². The molecule has 1 unspecified atom stereocenters. The fourth-order valence-electron chi connectivity index (χ4n) is 4.04. The van der Waals surface area contributed by atoms with Crippen LogP contribution in [-0.4, -0.2) is 27.9 Å². The minimum atomic E-state index is -1.19. The third kappa shape index (κ3) is 3.95. The molecular formula is C21H22F3N3O4. The van der Waals surface area contributed by atoms with E-state index < -0.39 is 64.0 Å². The predicted octanol–water partition coefficient (Wildman–Crippen LogP) is 2.72. The number of pyridine rings is 1. The van der Waals surface area contributed by atoms with E-state index in [2.05, 4.69) is 10.6 Å². The molecule has 0 fully saturated rings. The molecule has 166 valence electrons. The molecule has 1 aromatic heterocycles. The number of halogens is 3. The van der Waals surface area contributed by atoms with Gasteiger partial charge >= 0.3 is 0 Å². The van der Waals surface area contributed by atoms with Gasteiger partial charge in [0.25, 0.3) is 5.91 Å². The quantitative estimate of drug-likeness (QED) is 0.604. The number of hydrogen-bond acceptors (Lipinski definition) is 5. The summed E-state index contributed by atoms with van der Waals surface area (Å²) in [5.41, 5.74) is -2.01. The third-order valence-corrected chi connectivity index (χ3v) is 5.31. The van der Waals surface area contributed by atoms with Gasteiger partial charge in [0.05, 0.1) is 11.7 Å². The van der Waals surface area contributed by atoms with Crippen molar-refractivity contribution in [1.29, 1.82) is 0 Å². The summed E-state index contributed by atoms with van der Waals surface area (Å²) >= 11 is 0. The van der Waals surface area contributed by atoms with Crippen LogP contribution in [0.4, 0.5) is 13.2 Å². The number of nitrogens with one attached hydrogen (secondary N) is 2. The van der Waals surface area contributed by atoms with Crippen molar-refractivity contribution in [2.75, 3.05) is 6.54 Å². The lowest BCUT2D eigenvalue weighted by molar-refractivity contribution is 0.0941. The van der Waals surface area contributed by atoms with Crippen molar-refractivity contribution < 1.29 is 27.9 Å². The molecule has 0 bridgehead atoms. The third-order valence-electron chi connectivity index (χ3n) is 5.31. The van der Waals surface area contributed by atoms with Crippen molar-refractivity contribution in [3.63, 3.8) is 0 Å². The van der Waals surface area contributed by atoms with Gasteiger partial charge in [-0.05, 0) is 19.9 Å². The van der Waals surface area contributed by atoms with Gasteiger partial charge in [0, 0.05) is 37.2 Å². The number of fused-ring (bicyclic) bond motifs is 1. The molecule has 0 aliphatic carbocycles. The van der Waals surface area contributed by atoms with Gasteiger partial charge in [0.1, 0.15) is 28.7 Å². The first-order valence-corrected chi connectivity index (χ1v) is 9.75. The molecule has 1 amide bonds. The molecule has 7 nitrogen and oxygen atoms in total. The van der Waals surface area contributed by atoms with E-state index >= 15 is 0 Å². The summed E-state index contributed by atoms with van der Waals surface area (Å²) in [7, 11) is 0. The Morgan fingerprint density at radius 3 is 2.39 bits per heavy atom. The Labute approximate surface area is 175 Å². The Bertz CT molecular complexity index is 1110. The smallest absolute Gasteiger partial charge is 0.257 e. The van der Waals surface area contributed by atoms with E-state index in [0.29, 0.717) is 25.1 Å². The van der Waals surface area contributed by atoms with E-state index in [0.717, 1.165) is 0 Å². The largest absolute Gasteiger partial charge is 0.503 e. The van der Waals surface area contributed by atoms with Gasteiger partial charge < -0.3 is 20.3 Å². The van der Waals surface area contributed by atoms with Crippen LogP contribution in [0.5, 0.6) is 5.75 Å². The number of aromatic nitrogens is 1. The van der Waals surface area contributed by atoms with Gasteiger partial charge in [-0.1, -0.05) is 6.92 Å².